The Bertz CT molecular complexity index is 1080. The molecular weight excluding hydrogens is 436 g/mol. The first-order valence-corrected chi connectivity index (χ1v) is 11.7. The first-order chi connectivity index (χ1) is 16.1. The van der Waals surface area contributed by atoms with Gasteiger partial charge in [0, 0.05) is 54.3 Å². The van der Waals surface area contributed by atoms with Crippen LogP contribution in [0.5, 0.6) is 11.5 Å². The Morgan fingerprint density at radius 2 is 1.76 bits per heavy atom. The molecule has 1 aromatic heterocycles. The molecule has 1 fully saturated rings. The topological polar surface area (TPSA) is 76.6 Å². The molecule has 172 valence electrons. The zero-order valence-electron chi connectivity index (χ0n) is 19.1. The van der Waals surface area contributed by atoms with Gasteiger partial charge in [-0.2, -0.15) is 0 Å². The minimum absolute atomic E-state index is 0.0216. The van der Waals surface area contributed by atoms with Gasteiger partial charge in [0.25, 0.3) is 0 Å². The Morgan fingerprint density at radius 1 is 1.06 bits per heavy atom. The number of nitrogens with one attached hydrogen (secondary N) is 1. The molecular formula is C25H28N4O3S. The fraction of sp³-hybridized carbons (Fsp3) is 0.320. The lowest BCUT2D eigenvalue weighted by Crippen LogP contribution is -2.41. The SMILES string of the molecule is COc1cc(NC(=O)[C@H]2CCCN(c3nccnc3Sc3ccc(C)cc3)C2)cc(OC)c1. The van der Waals surface area contributed by atoms with Crippen molar-refractivity contribution in [1.82, 2.24) is 9.97 Å². The summed E-state index contributed by atoms with van der Waals surface area (Å²) < 4.78 is 10.6. The van der Waals surface area contributed by atoms with Crippen molar-refractivity contribution in [3.63, 3.8) is 0 Å². The molecule has 0 aliphatic carbocycles. The number of hydrogen-bond acceptors (Lipinski definition) is 7. The summed E-state index contributed by atoms with van der Waals surface area (Å²) in [5.74, 6) is 1.91. The Labute approximate surface area is 198 Å². The number of aryl methyl sites for hydroxylation is 1. The maximum atomic E-state index is 13.1. The summed E-state index contributed by atoms with van der Waals surface area (Å²) in [7, 11) is 3.18. The van der Waals surface area contributed by atoms with E-state index in [4.69, 9.17) is 9.47 Å². The third-order valence-corrected chi connectivity index (χ3v) is 6.58. The van der Waals surface area contributed by atoms with Crippen molar-refractivity contribution in [2.24, 2.45) is 5.92 Å². The highest BCUT2D eigenvalue weighted by Crippen LogP contribution is 2.34. The summed E-state index contributed by atoms with van der Waals surface area (Å²) in [5.41, 5.74) is 1.88. The van der Waals surface area contributed by atoms with Crippen molar-refractivity contribution in [2.75, 3.05) is 37.5 Å². The molecule has 4 rings (SSSR count). The van der Waals surface area contributed by atoms with Crippen LogP contribution in [0.1, 0.15) is 18.4 Å². The third-order valence-electron chi connectivity index (χ3n) is 5.59. The van der Waals surface area contributed by atoms with E-state index in [1.54, 1.807) is 56.6 Å². The highest BCUT2D eigenvalue weighted by Gasteiger charge is 2.28. The van der Waals surface area contributed by atoms with Crippen LogP contribution in [0, 0.1) is 12.8 Å². The molecule has 8 heteroatoms. The lowest BCUT2D eigenvalue weighted by atomic mass is 9.97. The minimum atomic E-state index is -0.157. The second kappa shape index (κ2) is 10.6. The van der Waals surface area contributed by atoms with Crippen molar-refractivity contribution in [2.45, 2.75) is 29.7 Å². The van der Waals surface area contributed by atoms with Gasteiger partial charge in [-0.25, -0.2) is 9.97 Å². The normalized spacial score (nSPS) is 15.7. The second-order valence-corrected chi connectivity index (χ2v) is 9.04. The van der Waals surface area contributed by atoms with E-state index in [1.807, 2.05) is 0 Å². The van der Waals surface area contributed by atoms with Crippen LogP contribution < -0.4 is 19.7 Å². The van der Waals surface area contributed by atoms with Gasteiger partial charge >= 0.3 is 0 Å². The first-order valence-electron chi connectivity index (χ1n) is 10.9. The van der Waals surface area contributed by atoms with Crippen molar-refractivity contribution in [1.29, 1.82) is 0 Å². The Kier molecular flexibility index (Phi) is 7.34. The largest absolute Gasteiger partial charge is 0.497 e. The standard InChI is InChI=1S/C25H28N4O3S/c1-17-6-8-22(9-7-17)33-25-23(26-10-11-27-25)29-12-4-5-18(16-29)24(30)28-19-13-20(31-2)15-21(14-19)32-3/h6-11,13-15,18H,4-5,12,16H2,1-3H3,(H,28,30)/t18-/m0/s1. The Hall–Kier alpha value is -3.26. The molecule has 33 heavy (non-hydrogen) atoms. The molecule has 0 radical (unpaired) electrons. The maximum absolute atomic E-state index is 13.1. The van der Waals surface area contributed by atoms with E-state index in [-0.39, 0.29) is 11.8 Å². The molecule has 7 nitrogen and oxygen atoms in total. The van der Waals surface area contributed by atoms with Crippen LogP contribution in [-0.4, -0.2) is 43.2 Å². The number of anilines is 2. The van der Waals surface area contributed by atoms with Gasteiger partial charge in [-0.15, -0.1) is 0 Å². The quantitative estimate of drug-likeness (QED) is 0.538. The van der Waals surface area contributed by atoms with E-state index in [9.17, 15) is 4.79 Å². The van der Waals surface area contributed by atoms with Crippen LogP contribution in [0.3, 0.4) is 0 Å². The Balaban J connectivity index is 1.48. The molecule has 1 saturated heterocycles. The van der Waals surface area contributed by atoms with Crippen LogP contribution >= 0.6 is 11.8 Å². The number of ether oxygens (including phenoxy) is 2. The molecule has 1 N–H and O–H groups in total. The molecule has 0 saturated carbocycles. The van der Waals surface area contributed by atoms with E-state index in [0.29, 0.717) is 23.7 Å². The van der Waals surface area contributed by atoms with Crippen molar-refractivity contribution in [3.05, 3.63) is 60.4 Å². The van der Waals surface area contributed by atoms with Gasteiger partial charge in [0.05, 0.1) is 20.1 Å². The number of carbonyl (C=O) groups is 1. The van der Waals surface area contributed by atoms with Crippen LogP contribution in [-0.2, 0) is 4.79 Å². The first kappa shape index (κ1) is 22.9. The molecule has 1 aliphatic heterocycles. The van der Waals surface area contributed by atoms with Crippen LogP contribution in [0.4, 0.5) is 11.5 Å². The van der Waals surface area contributed by atoms with Crippen LogP contribution in [0.2, 0.25) is 0 Å². The highest BCUT2D eigenvalue weighted by molar-refractivity contribution is 7.99. The van der Waals surface area contributed by atoms with Crippen molar-refractivity contribution >= 4 is 29.2 Å². The van der Waals surface area contributed by atoms with E-state index < -0.39 is 0 Å². The number of rotatable bonds is 7. The van der Waals surface area contributed by atoms with Crippen LogP contribution in [0.15, 0.2) is 64.8 Å². The molecule has 2 aromatic carbocycles. The van der Waals surface area contributed by atoms with Gasteiger partial charge in [-0.3, -0.25) is 4.79 Å². The summed E-state index contributed by atoms with van der Waals surface area (Å²) in [4.78, 5) is 25.6. The van der Waals surface area contributed by atoms with Crippen molar-refractivity contribution < 1.29 is 14.3 Å². The summed E-state index contributed by atoms with van der Waals surface area (Å²) in [6, 6.07) is 13.7. The number of piperidine rings is 1. The number of benzene rings is 2. The number of hydrogen-bond donors (Lipinski definition) is 1. The predicted octanol–water partition coefficient (Wildman–Crippen LogP) is 4.81. The number of methoxy groups -OCH3 is 2. The zero-order valence-corrected chi connectivity index (χ0v) is 19.9. The van der Waals surface area contributed by atoms with Gasteiger partial charge in [0.15, 0.2) is 5.82 Å². The van der Waals surface area contributed by atoms with E-state index >= 15 is 0 Å². The molecule has 0 unspecified atom stereocenters. The van der Waals surface area contributed by atoms with Gasteiger partial charge in [0.2, 0.25) is 5.91 Å². The van der Waals surface area contributed by atoms with Gasteiger partial charge in [-0.1, -0.05) is 29.5 Å². The zero-order chi connectivity index (χ0) is 23.2. The molecule has 2 heterocycles. The average Bonchev–Trinajstić information content (AvgIpc) is 2.85. The van der Waals surface area contributed by atoms with E-state index in [1.165, 1.54) is 5.56 Å². The molecule has 1 aliphatic rings. The monoisotopic (exact) mass is 464 g/mol. The predicted molar refractivity (Wildman–Crippen MR) is 130 cm³/mol. The van der Waals surface area contributed by atoms with Crippen LogP contribution in [0.25, 0.3) is 0 Å². The number of aromatic nitrogens is 2. The summed E-state index contributed by atoms with van der Waals surface area (Å²) in [5, 5.41) is 3.87. The third kappa shape index (κ3) is 5.76. The molecule has 3 aromatic rings. The number of carbonyl (C=O) groups excluding carboxylic acids is 1. The Morgan fingerprint density at radius 3 is 2.45 bits per heavy atom. The van der Waals surface area contributed by atoms with E-state index in [2.05, 4.69) is 51.4 Å². The van der Waals surface area contributed by atoms with Gasteiger partial charge < -0.3 is 19.7 Å². The molecule has 1 atom stereocenters. The average molecular weight is 465 g/mol. The smallest absolute Gasteiger partial charge is 0.229 e. The lowest BCUT2D eigenvalue weighted by molar-refractivity contribution is -0.120. The fourth-order valence-corrected chi connectivity index (χ4v) is 4.71. The van der Waals surface area contributed by atoms with Gasteiger partial charge in [0.1, 0.15) is 16.5 Å². The highest BCUT2D eigenvalue weighted by atomic mass is 32.2. The summed E-state index contributed by atoms with van der Waals surface area (Å²) >= 11 is 1.59. The number of nitrogens with zero attached hydrogens (tertiary/aromatic N) is 3. The fourth-order valence-electron chi connectivity index (χ4n) is 3.83. The second-order valence-electron chi connectivity index (χ2n) is 7.98. The maximum Gasteiger partial charge on any atom is 0.229 e. The molecule has 0 bridgehead atoms. The van der Waals surface area contributed by atoms with E-state index in [0.717, 1.165) is 35.1 Å². The molecule has 1 amide bonds. The minimum Gasteiger partial charge on any atom is -0.497 e. The van der Waals surface area contributed by atoms with Gasteiger partial charge in [-0.05, 0) is 31.9 Å². The number of amides is 1. The summed E-state index contributed by atoms with van der Waals surface area (Å²) in [6.07, 6.45) is 5.15. The lowest BCUT2D eigenvalue weighted by Gasteiger charge is -2.33. The van der Waals surface area contributed by atoms with Crippen molar-refractivity contribution in [3.8, 4) is 11.5 Å². The molecule has 0 spiro atoms. The summed E-state index contributed by atoms with van der Waals surface area (Å²) in [6.45, 7) is 3.51.